The predicted molar refractivity (Wildman–Crippen MR) is 101 cm³/mol. The molecular formula is C17H17Cl2FN2O3S. The Morgan fingerprint density at radius 3 is 2.38 bits per heavy atom. The normalized spacial score (nSPS) is 11.6. The summed E-state index contributed by atoms with van der Waals surface area (Å²) in [7, 11) is -3.82. The van der Waals surface area contributed by atoms with Gasteiger partial charge < -0.3 is 5.32 Å². The summed E-state index contributed by atoms with van der Waals surface area (Å²) < 4.78 is 40.5. The molecule has 0 heterocycles. The van der Waals surface area contributed by atoms with Crippen LogP contribution in [0, 0.1) is 5.82 Å². The standard InChI is InChI=1S/C17H17Cl2FN2O3S/c1-3-22(4-2)26(24,25)12-6-8-15(20)13(10-12)17(23)21-16-9-11(18)5-7-14(16)19/h5-10H,3-4H2,1-2H3,(H,21,23). The molecule has 140 valence electrons. The van der Waals surface area contributed by atoms with Crippen LogP contribution in [0.1, 0.15) is 24.2 Å². The van der Waals surface area contributed by atoms with Crippen molar-refractivity contribution in [2.45, 2.75) is 18.7 Å². The minimum Gasteiger partial charge on any atom is -0.320 e. The van der Waals surface area contributed by atoms with E-state index < -0.39 is 27.3 Å². The summed E-state index contributed by atoms with van der Waals surface area (Å²) in [5, 5.41) is 2.99. The molecule has 5 nitrogen and oxygen atoms in total. The minimum absolute atomic E-state index is 0.162. The smallest absolute Gasteiger partial charge is 0.258 e. The van der Waals surface area contributed by atoms with Gasteiger partial charge in [0.2, 0.25) is 10.0 Å². The maximum Gasteiger partial charge on any atom is 0.258 e. The molecule has 2 aromatic carbocycles. The Labute approximate surface area is 161 Å². The molecule has 0 saturated carbocycles. The first-order chi connectivity index (χ1) is 12.2. The largest absolute Gasteiger partial charge is 0.320 e. The second-order valence-corrected chi connectivity index (χ2v) is 8.09. The van der Waals surface area contributed by atoms with Crippen LogP contribution < -0.4 is 5.32 Å². The van der Waals surface area contributed by atoms with Crippen molar-refractivity contribution >= 4 is 44.8 Å². The molecule has 0 aromatic heterocycles. The molecule has 1 amide bonds. The van der Waals surface area contributed by atoms with Gasteiger partial charge >= 0.3 is 0 Å². The quantitative estimate of drug-likeness (QED) is 0.754. The Morgan fingerprint density at radius 1 is 1.12 bits per heavy atom. The van der Waals surface area contributed by atoms with Crippen LogP contribution in [0.2, 0.25) is 10.0 Å². The monoisotopic (exact) mass is 418 g/mol. The van der Waals surface area contributed by atoms with Crippen molar-refractivity contribution in [3.63, 3.8) is 0 Å². The van der Waals surface area contributed by atoms with Crippen LogP contribution in [0.15, 0.2) is 41.3 Å². The zero-order chi connectivity index (χ0) is 19.5. The number of carbonyl (C=O) groups excluding carboxylic acids is 1. The summed E-state index contributed by atoms with van der Waals surface area (Å²) in [4.78, 5) is 12.3. The van der Waals surface area contributed by atoms with Crippen molar-refractivity contribution in [2.75, 3.05) is 18.4 Å². The van der Waals surface area contributed by atoms with Crippen LogP contribution in [-0.4, -0.2) is 31.7 Å². The molecule has 0 radical (unpaired) electrons. The number of rotatable bonds is 6. The fraction of sp³-hybridized carbons (Fsp3) is 0.235. The van der Waals surface area contributed by atoms with Gasteiger partial charge in [-0.3, -0.25) is 4.79 Å². The molecule has 0 bridgehead atoms. The van der Waals surface area contributed by atoms with E-state index >= 15 is 0 Å². The van der Waals surface area contributed by atoms with E-state index in [2.05, 4.69) is 5.32 Å². The molecule has 2 aromatic rings. The molecule has 26 heavy (non-hydrogen) atoms. The molecule has 0 atom stereocenters. The highest BCUT2D eigenvalue weighted by molar-refractivity contribution is 7.89. The van der Waals surface area contributed by atoms with Crippen LogP contribution in [-0.2, 0) is 10.0 Å². The first-order valence-electron chi connectivity index (χ1n) is 7.76. The molecule has 0 spiro atoms. The second-order valence-electron chi connectivity index (χ2n) is 5.31. The second kappa shape index (κ2) is 8.35. The minimum atomic E-state index is -3.82. The molecule has 0 fully saturated rings. The van der Waals surface area contributed by atoms with Crippen LogP contribution in [0.25, 0.3) is 0 Å². The van der Waals surface area contributed by atoms with E-state index in [0.29, 0.717) is 5.02 Å². The van der Waals surface area contributed by atoms with Gasteiger partial charge in [-0.25, -0.2) is 12.8 Å². The van der Waals surface area contributed by atoms with Crippen LogP contribution in [0.5, 0.6) is 0 Å². The molecule has 2 rings (SSSR count). The number of carbonyl (C=O) groups is 1. The fourth-order valence-electron chi connectivity index (χ4n) is 2.33. The van der Waals surface area contributed by atoms with Crippen molar-refractivity contribution in [1.29, 1.82) is 0 Å². The summed E-state index contributed by atoms with van der Waals surface area (Å²) in [5.74, 6) is -1.68. The average Bonchev–Trinajstić information content (AvgIpc) is 2.59. The molecule has 0 aliphatic rings. The van der Waals surface area contributed by atoms with Crippen molar-refractivity contribution < 1.29 is 17.6 Å². The van der Waals surface area contributed by atoms with Gasteiger partial charge in [0.15, 0.2) is 0 Å². The van der Waals surface area contributed by atoms with E-state index in [0.717, 1.165) is 18.2 Å². The topological polar surface area (TPSA) is 66.5 Å². The Balaban J connectivity index is 2.41. The van der Waals surface area contributed by atoms with Crippen LogP contribution in [0.4, 0.5) is 10.1 Å². The lowest BCUT2D eigenvalue weighted by Crippen LogP contribution is -2.31. The average molecular weight is 419 g/mol. The molecule has 1 N–H and O–H groups in total. The Bertz CT molecular complexity index is 932. The third-order valence-corrected chi connectivity index (χ3v) is 6.31. The highest BCUT2D eigenvalue weighted by Crippen LogP contribution is 2.27. The summed E-state index contributed by atoms with van der Waals surface area (Å²) >= 11 is 11.8. The van der Waals surface area contributed by atoms with Crippen LogP contribution in [0.3, 0.4) is 0 Å². The number of halogens is 3. The fourth-order valence-corrected chi connectivity index (χ4v) is 4.16. The number of hydrogen-bond donors (Lipinski definition) is 1. The van der Waals surface area contributed by atoms with Crippen molar-refractivity contribution in [3.05, 3.63) is 57.8 Å². The predicted octanol–water partition coefficient (Wildman–Crippen LogP) is 4.42. The van der Waals surface area contributed by atoms with Gasteiger partial charge in [0.05, 0.1) is 21.2 Å². The molecule has 9 heteroatoms. The maximum atomic E-state index is 14.1. The number of hydrogen-bond acceptors (Lipinski definition) is 3. The van der Waals surface area contributed by atoms with E-state index in [-0.39, 0.29) is 28.7 Å². The van der Waals surface area contributed by atoms with E-state index in [1.807, 2.05) is 0 Å². The lowest BCUT2D eigenvalue weighted by Gasteiger charge is -2.19. The Kier molecular flexibility index (Phi) is 6.63. The summed E-state index contributed by atoms with van der Waals surface area (Å²) in [5.41, 5.74) is -0.213. The highest BCUT2D eigenvalue weighted by Gasteiger charge is 2.24. The van der Waals surface area contributed by atoms with Gasteiger partial charge in [-0.2, -0.15) is 4.31 Å². The molecule has 0 saturated heterocycles. The van der Waals surface area contributed by atoms with Gasteiger partial charge in [0, 0.05) is 18.1 Å². The van der Waals surface area contributed by atoms with Gasteiger partial charge in [0.1, 0.15) is 5.82 Å². The lowest BCUT2D eigenvalue weighted by atomic mass is 10.2. The Hall–Kier alpha value is -1.67. The van der Waals surface area contributed by atoms with Gasteiger partial charge in [0.25, 0.3) is 5.91 Å². The third kappa shape index (κ3) is 4.35. The van der Waals surface area contributed by atoms with Gasteiger partial charge in [-0.1, -0.05) is 37.0 Å². The Morgan fingerprint density at radius 2 is 1.77 bits per heavy atom. The lowest BCUT2D eigenvalue weighted by molar-refractivity contribution is 0.102. The van der Waals surface area contributed by atoms with E-state index in [1.54, 1.807) is 13.8 Å². The number of sulfonamides is 1. The highest BCUT2D eigenvalue weighted by atomic mass is 35.5. The van der Waals surface area contributed by atoms with Crippen LogP contribution >= 0.6 is 23.2 Å². The van der Waals surface area contributed by atoms with Crippen molar-refractivity contribution in [1.82, 2.24) is 4.31 Å². The van der Waals surface area contributed by atoms with E-state index in [4.69, 9.17) is 23.2 Å². The number of anilines is 1. The third-order valence-electron chi connectivity index (χ3n) is 3.70. The van der Waals surface area contributed by atoms with Crippen molar-refractivity contribution in [3.8, 4) is 0 Å². The summed E-state index contributed by atoms with van der Waals surface area (Å²) in [6, 6.07) is 7.53. The first-order valence-corrected chi connectivity index (χ1v) is 9.96. The summed E-state index contributed by atoms with van der Waals surface area (Å²) in [6.07, 6.45) is 0. The number of nitrogens with zero attached hydrogens (tertiary/aromatic N) is 1. The first kappa shape index (κ1) is 20.6. The van der Waals surface area contributed by atoms with E-state index in [9.17, 15) is 17.6 Å². The number of nitrogens with one attached hydrogen (secondary N) is 1. The van der Waals surface area contributed by atoms with Gasteiger partial charge in [-0.05, 0) is 36.4 Å². The SMILES string of the molecule is CCN(CC)S(=O)(=O)c1ccc(F)c(C(=O)Nc2cc(Cl)ccc2Cl)c1. The number of benzene rings is 2. The molecule has 0 unspecified atom stereocenters. The zero-order valence-corrected chi connectivity index (χ0v) is 16.4. The maximum absolute atomic E-state index is 14.1. The number of amides is 1. The molecular weight excluding hydrogens is 402 g/mol. The van der Waals surface area contributed by atoms with Gasteiger partial charge in [-0.15, -0.1) is 0 Å². The van der Waals surface area contributed by atoms with Crippen molar-refractivity contribution in [2.24, 2.45) is 0 Å². The molecule has 0 aliphatic heterocycles. The summed E-state index contributed by atoms with van der Waals surface area (Å²) in [6.45, 7) is 3.91. The molecule has 0 aliphatic carbocycles. The van der Waals surface area contributed by atoms with E-state index in [1.165, 1.54) is 22.5 Å². The zero-order valence-electron chi connectivity index (χ0n) is 14.1.